The first-order valence-corrected chi connectivity index (χ1v) is 7.07. The van der Waals surface area contributed by atoms with Crippen LogP contribution in [0.1, 0.15) is 40.0 Å². The van der Waals surface area contributed by atoms with Gasteiger partial charge in [0.2, 0.25) is 5.13 Å². The van der Waals surface area contributed by atoms with E-state index >= 15 is 0 Å². The van der Waals surface area contributed by atoms with E-state index in [1.54, 1.807) is 16.8 Å². The zero-order valence-corrected chi connectivity index (χ0v) is 11.1. The SMILES string of the molecule is CC1CCC(C(C)C)C(Nc2nncs2)C1. The zero-order chi connectivity index (χ0) is 11.5. The van der Waals surface area contributed by atoms with Crippen molar-refractivity contribution >= 4 is 16.5 Å². The van der Waals surface area contributed by atoms with Gasteiger partial charge in [-0.3, -0.25) is 0 Å². The normalized spacial score (nSPS) is 30.6. The quantitative estimate of drug-likeness (QED) is 0.878. The van der Waals surface area contributed by atoms with Crippen molar-refractivity contribution in [2.45, 2.75) is 46.1 Å². The Bertz CT molecular complexity index is 310. The summed E-state index contributed by atoms with van der Waals surface area (Å²) in [6.45, 7) is 7.01. The monoisotopic (exact) mass is 239 g/mol. The first kappa shape index (κ1) is 11.8. The lowest BCUT2D eigenvalue weighted by Crippen LogP contribution is -2.37. The summed E-state index contributed by atoms with van der Waals surface area (Å²) in [5.41, 5.74) is 1.79. The summed E-state index contributed by atoms with van der Waals surface area (Å²) in [5.74, 6) is 2.36. The molecule has 0 bridgehead atoms. The fourth-order valence-electron chi connectivity index (χ4n) is 2.76. The third-order valence-electron chi connectivity index (χ3n) is 3.69. The third-order valence-corrected chi connectivity index (χ3v) is 4.31. The molecule has 1 saturated carbocycles. The molecule has 4 heteroatoms. The van der Waals surface area contributed by atoms with Gasteiger partial charge in [-0.05, 0) is 30.6 Å². The fourth-order valence-corrected chi connectivity index (χ4v) is 3.27. The number of rotatable bonds is 3. The van der Waals surface area contributed by atoms with Crippen LogP contribution in [0.5, 0.6) is 0 Å². The lowest BCUT2D eigenvalue weighted by atomic mass is 9.74. The molecule has 0 amide bonds. The van der Waals surface area contributed by atoms with Crippen LogP contribution < -0.4 is 5.32 Å². The van der Waals surface area contributed by atoms with Crippen molar-refractivity contribution in [1.82, 2.24) is 10.2 Å². The van der Waals surface area contributed by atoms with Gasteiger partial charge in [-0.2, -0.15) is 0 Å². The van der Waals surface area contributed by atoms with Gasteiger partial charge in [0.1, 0.15) is 5.51 Å². The molecule has 0 spiro atoms. The van der Waals surface area contributed by atoms with Crippen LogP contribution in [0.15, 0.2) is 5.51 Å². The number of nitrogens with zero attached hydrogens (tertiary/aromatic N) is 2. The minimum atomic E-state index is 0.580. The maximum atomic E-state index is 4.09. The molecular formula is C12H21N3S. The summed E-state index contributed by atoms with van der Waals surface area (Å²) < 4.78 is 0. The molecule has 0 saturated heterocycles. The van der Waals surface area contributed by atoms with Crippen LogP contribution in [0.25, 0.3) is 0 Å². The van der Waals surface area contributed by atoms with Crippen molar-refractivity contribution in [2.75, 3.05) is 5.32 Å². The van der Waals surface area contributed by atoms with Crippen LogP contribution in [0, 0.1) is 17.8 Å². The van der Waals surface area contributed by atoms with Crippen LogP contribution in [-0.2, 0) is 0 Å². The maximum Gasteiger partial charge on any atom is 0.205 e. The zero-order valence-electron chi connectivity index (χ0n) is 10.3. The molecule has 1 aliphatic carbocycles. The summed E-state index contributed by atoms with van der Waals surface area (Å²) in [7, 11) is 0. The standard InChI is InChI=1S/C12H21N3S/c1-8(2)10-5-4-9(3)6-11(10)14-12-15-13-7-16-12/h7-11H,4-6H2,1-3H3,(H,14,15). The predicted molar refractivity (Wildman–Crippen MR) is 68.7 cm³/mol. The average Bonchev–Trinajstić information content (AvgIpc) is 2.70. The van der Waals surface area contributed by atoms with Crippen molar-refractivity contribution in [1.29, 1.82) is 0 Å². The Labute approximate surface area is 102 Å². The summed E-state index contributed by atoms with van der Waals surface area (Å²) >= 11 is 1.60. The van der Waals surface area contributed by atoms with E-state index in [0.717, 1.165) is 22.9 Å². The summed E-state index contributed by atoms with van der Waals surface area (Å²) in [6, 6.07) is 0.580. The highest BCUT2D eigenvalue weighted by molar-refractivity contribution is 7.13. The molecule has 2 rings (SSSR count). The van der Waals surface area contributed by atoms with Gasteiger partial charge in [0, 0.05) is 6.04 Å². The van der Waals surface area contributed by atoms with Gasteiger partial charge in [-0.1, -0.05) is 38.5 Å². The van der Waals surface area contributed by atoms with Gasteiger partial charge in [-0.25, -0.2) is 0 Å². The topological polar surface area (TPSA) is 37.8 Å². The lowest BCUT2D eigenvalue weighted by molar-refractivity contribution is 0.212. The fraction of sp³-hybridized carbons (Fsp3) is 0.833. The Morgan fingerprint density at radius 2 is 2.25 bits per heavy atom. The molecule has 1 aliphatic rings. The second-order valence-electron chi connectivity index (χ2n) is 5.32. The van der Waals surface area contributed by atoms with Crippen molar-refractivity contribution in [2.24, 2.45) is 17.8 Å². The second kappa shape index (κ2) is 5.13. The highest BCUT2D eigenvalue weighted by Gasteiger charge is 2.30. The van der Waals surface area contributed by atoms with Gasteiger partial charge >= 0.3 is 0 Å². The first-order chi connectivity index (χ1) is 7.66. The van der Waals surface area contributed by atoms with Crippen LogP contribution in [-0.4, -0.2) is 16.2 Å². The van der Waals surface area contributed by atoms with Gasteiger partial charge in [0.25, 0.3) is 0 Å². The largest absolute Gasteiger partial charge is 0.357 e. The molecule has 3 nitrogen and oxygen atoms in total. The van der Waals surface area contributed by atoms with Gasteiger partial charge in [0.15, 0.2) is 0 Å². The van der Waals surface area contributed by atoms with Gasteiger partial charge < -0.3 is 5.32 Å². The second-order valence-corrected chi connectivity index (χ2v) is 6.15. The Kier molecular flexibility index (Phi) is 3.79. The number of nitrogens with one attached hydrogen (secondary N) is 1. The van der Waals surface area contributed by atoms with Crippen molar-refractivity contribution in [3.05, 3.63) is 5.51 Å². The van der Waals surface area contributed by atoms with Crippen molar-refractivity contribution in [3.8, 4) is 0 Å². The lowest BCUT2D eigenvalue weighted by Gasteiger charge is -2.37. The van der Waals surface area contributed by atoms with Crippen molar-refractivity contribution < 1.29 is 0 Å². The van der Waals surface area contributed by atoms with Crippen LogP contribution in [0.4, 0.5) is 5.13 Å². The van der Waals surface area contributed by atoms with E-state index in [4.69, 9.17) is 0 Å². The molecular weight excluding hydrogens is 218 g/mol. The van der Waals surface area contributed by atoms with Crippen LogP contribution >= 0.6 is 11.3 Å². The smallest absolute Gasteiger partial charge is 0.205 e. The Morgan fingerprint density at radius 3 is 2.88 bits per heavy atom. The number of hydrogen-bond acceptors (Lipinski definition) is 4. The molecule has 1 fully saturated rings. The van der Waals surface area contributed by atoms with E-state index in [9.17, 15) is 0 Å². The van der Waals surface area contributed by atoms with Crippen LogP contribution in [0.2, 0.25) is 0 Å². The summed E-state index contributed by atoms with van der Waals surface area (Å²) in [6.07, 6.45) is 3.98. The Balaban J connectivity index is 2.02. The summed E-state index contributed by atoms with van der Waals surface area (Å²) in [4.78, 5) is 0. The number of hydrogen-bond donors (Lipinski definition) is 1. The Hall–Kier alpha value is -0.640. The molecule has 0 radical (unpaired) electrons. The molecule has 3 atom stereocenters. The minimum Gasteiger partial charge on any atom is -0.357 e. The molecule has 1 heterocycles. The van der Waals surface area contributed by atoms with Gasteiger partial charge in [0.05, 0.1) is 0 Å². The van der Waals surface area contributed by atoms with E-state index in [1.807, 2.05) is 0 Å². The molecule has 3 unspecified atom stereocenters. The minimum absolute atomic E-state index is 0.580. The Morgan fingerprint density at radius 1 is 1.44 bits per heavy atom. The predicted octanol–water partition coefficient (Wildman–Crippen LogP) is 3.41. The van der Waals surface area contributed by atoms with E-state index < -0.39 is 0 Å². The van der Waals surface area contributed by atoms with Crippen LogP contribution in [0.3, 0.4) is 0 Å². The highest BCUT2D eigenvalue weighted by atomic mass is 32.1. The highest BCUT2D eigenvalue weighted by Crippen LogP contribution is 2.35. The number of aromatic nitrogens is 2. The average molecular weight is 239 g/mol. The third kappa shape index (κ3) is 2.73. The molecule has 0 aromatic carbocycles. The molecule has 0 aliphatic heterocycles. The molecule has 1 aromatic heterocycles. The van der Waals surface area contributed by atoms with Crippen molar-refractivity contribution in [3.63, 3.8) is 0 Å². The molecule has 16 heavy (non-hydrogen) atoms. The van der Waals surface area contributed by atoms with E-state index in [-0.39, 0.29) is 0 Å². The summed E-state index contributed by atoms with van der Waals surface area (Å²) in [5, 5.41) is 12.5. The van der Waals surface area contributed by atoms with E-state index in [1.165, 1.54) is 19.3 Å². The molecule has 1 N–H and O–H groups in total. The van der Waals surface area contributed by atoms with E-state index in [0.29, 0.717) is 6.04 Å². The van der Waals surface area contributed by atoms with E-state index in [2.05, 4.69) is 36.3 Å². The molecule has 1 aromatic rings. The number of anilines is 1. The maximum absolute atomic E-state index is 4.09. The first-order valence-electron chi connectivity index (χ1n) is 6.19. The molecule has 90 valence electrons. The van der Waals surface area contributed by atoms with Gasteiger partial charge in [-0.15, -0.1) is 10.2 Å².